The average molecular weight is 498 g/mol. The fourth-order valence-electron chi connectivity index (χ4n) is 3.74. The van der Waals surface area contributed by atoms with Gasteiger partial charge < -0.3 is 25.8 Å². The van der Waals surface area contributed by atoms with Gasteiger partial charge in [0.15, 0.2) is 6.10 Å². The maximum atomic E-state index is 13.2. The number of amides is 3. The third-order valence-electron chi connectivity index (χ3n) is 5.54. The third-order valence-corrected chi connectivity index (χ3v) is 5.54. The molecule has 0 bridgehead atoms. The zero-order chi connectivity index (χ0) is 26.5. The van der Waals surface area contributed by atoms with E-state index in [1.54, 1.807) is 0 Å². The first-order valence-corrected chi connectivity index (χ1v) is 12.4. The fourth-order valence-corrected chi connectivity index (χ4v) is 3.74. The van der Waals surface area contributed by atoms with Crippen molar-refractivity contribution in [3.05, 3.63) is 71.8 Å². The topological polar surface area (TPSA) is 117 Å². The quantitative estimate of drug-likeness (QED) is 0.338. The van der Waals surface area contributed by atoms with E-state index in [0.717, 1.165) is 11.1 Å². The van der Waals surface area contributed by atoms with Crippen LogP contribution in [0.5, 0.6) is 0 Å². The fraction of sp³-hybridized carbons (Fsp3) is 0.464. The second kappa shape index (κ2) is 14.9. The Balaban J connectivity index is 2.01. The van der Waals surface area contributed by atoms with E-state index >= 15 is 0 Å². The minimum Gasteiger partial charge on any atom is -0.445 e. The van der Waals surface area contributed by atoms with Gasteiger partial charge in [0.2, 0.25) is 5.91 Å². The predicted octanol–water partition coefficient (Wildman–Crippen LogP) is 3.54. The van der Waals surface area contributed by atoms with Crippen LogP contribution in [0.15, 0.2) is 60.7 Å². The molecule has 0 aliphatic carbocycles. The molecule has 0 radical (unpaired) electrons. The minimum absolute atomic E-state index is 0.0823. The number of aliphatic hydroxyl groups excluding tert-OH is 1. The van der Waals surface area contributed by atoms with E-state index in [1.165, 1.54) is 0 Å². The van der Waals surface area contributed by atoms with Crippen LogP contribution in [0.1, 0.15) is 51.7 Å². The van der Waals surface area contributed by atoms with Crippen LogP contribution in [0, 0.1) is 11.8 Å². The summed E-state index contributed by atoms with van der Waals surface area (Å²) in [5.74, 6) is -0.821. The van der Waals surface area contributed by atoms with Crippen LogP contribution in [0.25, 0.3) is 0 Å². The summed E-state index contributed by atoms with van der Waals surface area (Å²) in [6.45, 7) is 8.11. The van der Waals surface area contributed by atoms with Crippen molar-refractivity contribution in [1.82, 2.24) is 16.0 Å². The Kier molecular flexibility index (Phi) is 11.9. The maximum Gasteiger partial charge on any atom is 0.408 e. The van der Waals surface area contributed by atoms with Crippen molar-refractivity contribution in [2.75, 3.05) is 0 Å². The van der Waals surface area contributed by atoms with Gasteiger partial charge in [-0.05, 0) is 35.8 Å². The molecule has 196 valence electrons. The van der Waals surface area contributed by atoms with Crippen LogP contribution in [0.4, 0.5) is 4.79 Å². The zero-order valence-electron chi connectivity index (χ0n) is 21.6. The number of hydrogen-bond acceptors (Lipinski definition) is 5. The van der Waals surface area contributed by atoms with Gasteiger partial charge in [0.05, 0.1) is 6.04 Å². The lowest BCUT2D eigenvalue weighted by Crippen LogP contribution is -2.56. The standard InChI is InChI=1S/C28H39N3O5/c1-19(2)15-23(25(32)27(34)29-17-21-11-7-5-8-12-21)30-26(33)24(16-20(3)4)31-28(35)36-18-22-13-9-6-10-14-22/h5-14,19-20,23-25,32H,15-18H2,1-4H3,(H,29,34)(H,30,33)(H,31,35)/t23-,24-,25?/m0/s1. The highest BCUT2D eigenvalue weighted by molar-refractivity contribution is 5.87. The molecule has 8 nitrogen and oxygen atoms in total. The van der Waals surface area contributed by atoms with Crippen molar-refractivity contribution in [3.63, 3.8) is 0 Å². The van der Waals surface area contributed by atoms with Crippen molar-refractivity contribution < 1.29 is 24.2 Å². The normalized spacial score (nSPS) is 13.5. The van der Waals surface area contributed by atoms with Crippen LogP contribution >= 0.6 is 0 Å². The Labute approximate surface area is 213 Å². The van der Waals surface area contributed by atoms with E-state index in [1.807, 2.05) is 88.4 Å². The number of benzene rings is 2. The SMILES string of the molecule is CC(C)C[C@H](NC(=O)OCc1ccccc1)C(=O)N[C@@H](CC(C)C)C(O)C(=O)NCc1ccccc1. The van der Waals surface area contributed by atoms with Gasteiger partial charge in [-0.1, -0.05) is 88.4 Å². The highest BCUT2D eigenvalue weighted by atomic mass is 16.5. The number of hydrogen-bond donors (Lipinski definition) is 4. The summed E-state index contributed by atoms with van der Waals surface area (Å²) in [4.78, 5) is 38.2. The highest BCUT2D eigenvalue weighted by Crippen LogP contribution is 2.12. The third kappa shape index (κ3) is 10.5. The zero-order valence-corrected chi connectivity index (χ0v) is 21.6. The molecular formula is C28H39N3O5. The number of nitrogens with one attached hydrogen (secondary N) is 3. The number of carbonyl (C=O) groups is 3. The van der Waals surface area contributed by atoms with Crippen LogP contribution in [0.3, 0.4) is 0 Å². The summed E-state index contributed by atoms with van der Waals surface area (Å²) in [6, 6.07) is 16.9. The molecule has 8 heteroatoms. The summed E-state index contributed by atoms with van der Waals surface area (Å²) in [5.41, 5.74) is 1.73. The molecule has 3 amide bonds. The van der Waals surface area contributed by atoms with Gasteiger partial charge in [0.1, 0.15) is 12.6 Å². The maximum absolute atomic E-state index is 13.2. The van der Waals surface area contributed by atoms with E-state index in [0.29, 0.717) is 12.8 Å². The van der Waals surface area contributed by atoms with Gasteiger partial charge in [-0.3, -0.25) is 9.59 Å². The first kappa shape index (κ1) is 28.8. The van der Waals surface area contributed by atoms with E-state index in [4.69, 9.17) is 4.74 Å². The first-order valence-electron chi connectivity index (χ1n) is 12.4. The second-order valence-corrected chi connectivity index (χ2v) is 9.78. The van der Waals surface area contributed by atoms with E-state index in [9.17, 15) is 19.5 Å². The molecule has 2 rings (SSSR count). The van der Waals surface area contributed by atoms with Crippen molar-refractivity contribution in [3.8, 4) is 0 Å². The number of carbonyl (C=O) groups excluding carboxylic acids is 3. The van der Waals surface area contributed by atoms with Gasteiger partial charge in [-0.2, -0.15) is 0 Å². The first-order chi connectivity index (χ1) is 17.2. The summed E-state index contributed by atoms with van der Waals surface area (Å²) >= 11 is 0. The van der Waals surface area contributed by atoms with Crippen molar-refractivity contribution in [1.29, 1.82) is 0 Å². The molecule has 0 aromatic heterocycles. The van der Waals surface area contributed by atoms with Crippen LogP contribution in [-0.2, 0) is 27.5 Å². The molecule has 0 heterocycles. The lowest BCUT2D eigenvalue weighted by molar-refractivity contribution is -0.133. The van der Waals surface area contributed by atoms with Crippen molar-refractivity contribution >= 4 is 17.9 Å². The van der Waals surface area contributed by atoms with Gasteiger partial charge in [0.25, 0.3) is 5.91 Å². The Bertz CT molecular complexity index is 950. The lowest BCUT2D eigenvalue weighted by Gasteiger charge is -2.28. The lowest BCUT2D eigenvalue weighted by atomic mass is 9.97. The molecule has 0 aliphatic rings. The highest BCUT2D eigenvalue weighted by Gasteiger charge is 2.31. The summed E-state index contributed by atoms with van der Waals surface area (Å²) in [5, 5.41) is 18.9. The second-order valence-electron chi connectivity index (χ2n) is 9.78. The van der Waals surface area contributed by atoms with Crippen LogP contribution in [-0.4, -0.2) is 41.2 Å². The molecular weight excluding hydrogens is 458 g/mol. The van der Waals surface area contributed by atoms with Crippen LogP contribution < -0.4 is 16.0 Å². The predicted molar refractivity (Wildman–Crippen MR) is 139 cm³/mol. The molecule has 0 saturated heterocycles. The molecule has 0 spiro atoms. The summed E-state index contributed by atoms with van der Waals surface area (Å²) in [7, 11) is 0. The van der Waals surface area contributed by atoms with Crippen LogP contribution in [0.2, 0.25) is 0 Å². The molecule has 3 atom stereocenters. The number of alkyl carbamates (subject to hydrolysis) is 1. The smallest absolute Gasteiger partial charge is 0.408 e. The molecule has 0 aliphatic heterocycles. The van der Waals surface area contributed by atoms with Gasteiger partial charge in [-0.15, -0.1) is 0 Å². The molecule has 1 unspecified atom stereocenters. The number of aliphatic hydroxyl groups is 1. The Morgan fingerprint density at radius 1 is 0.778 bits per heavy atom. The number of ether oxygens (including phenoxy) is 1. The Morgan fingerprint density at radius 3 is 1.89 bits per heavy atom. The molecule has 0 saturated carbocycles. The molecule has 2 aromatic rings. The summed E-state index contributed by atoms with van der Waals surface area (Å²) < 4.78 is 5.28. The Morgan fingerprint density at radius 2 is 1.33 bits per heavy atom. The van der Waals surface area contributed by atoms with E-state index in [2.05, 4.69) is 16.0 Å². The molecule has 2 aromatic carbocycles. The Hall–Kier alpha value is -3.39. The number of rotatable bonds is 13. The molecule has 36 heavy (non-hydrogen) atoms. The van der Waals surface area contributed by atoms with E-state index in [-0.39, 0.29) is 25.0 Å². The van der Waals surface area contributed by atoms with E-state index < -0.39 is 36.1 Å². The minimum atomic E-state index is -1.44. The van der Waals surface area contributed by atoms with Crippen molar-refractivity contribution in [2.24, 2.45) is 11.8 Å². The van der Waals surface area contributed by atoms with Gasteiger partial charge >= 0.3 is 6.09 Å². The average Bonchev–Trinajstić information content (AvgIpc) is 2.85. The molecule has 4 N–H and O–H groups in total. The monoisotopic (exact) mass is 497 g/mol. The van der Waals surface area contributed by atoms with Gasteiger partial charge in [0, 0.05) is 6.54 Å². The van der Waals surface area contributed by atoms with Gasteiger partial charge in [-0.25, -0.2) is 4.79 Å². The largest absolute Gasteiger partial charge is 0.445 e. The van der Waals surface area contributed by atoms with Crippen molar-refractivity contribution in [2.45, 2.75) is 71.9 Å². The molecule has 0 fully saturated rings. The summed E-state index contributed by atoms with van der Waals surface area (Å²) in [6.07, 6.45) is -1.39.